The lowest BCUT2D eigenvalue weighted by Gasteiger charge is -2.09. The fourth-order valence-corrected chi connectivity index (χ4v) is 2.13. The van der Waals surface area contributed by atoms with Crippen LogP contribution in [0.2, 0.25) is 0 Å². The highest BCUT2D eigenvalue weighted by Gasteiger charge is 2.27. The molecule has 0 bridgehead atoms. The second-order valence-electron chi connectivity index (χ2n) is 5.08. The van der Waals surface area contributed by atoms with Crippen molar-refractivity contribution in [2.45, 2.75) is 25.2 Å². The molecule has 1 aromatic heterocycles. The van der Waals surface area contributed by atoms with Crippen LogP contribution in [0.3, 0.4) is 0 Å². The van der Waals surface area contributed by atoms with E-state index in [1.807, 2.05) is 12.1 Å². The van der Waals surface area contributed by atoms with Gasteiger partial charge in [0.2, 0.25) is 0 Å². The van der Waals surface area contributed by atoms with Gasteiger partial charge < -0.3 is 10.7 Å². The molecule has 20 heavy (non-hydrogen) atoms. The zero-order valence-corrected chi connectivity index (χ0v) is 11.3. The van der Waals surface area contributed by atoms with Crippen molar-refractivity contribution in [3.05, 3.63) is 47.8 Å². The lowest BCUT2D eigenvalue weighted by molar-refractivity contribution is 0.914. The summed E-state index contributed by atoms with van der Waals surface area (Å²) in [6, 6.07) is 12.2. The molecule has 1 fully saturated rings. The Bertz CT molecular complexity index is 566. The fourth-order valence-electron chi connectivity index (χ4n) is 2.13. The van der Waals surface area contributed by atoms with E-state index in [1.165, 1.54) is 18.4 Å². The predicted octanol–water partition coefficient (Wildman–Crippen LogP) is 2.29. The number of benzene rings is 1. The van der Waals surface area contributed by atoms with E-state index < -0.39 is 0 Å². The quantitative estimate of drug-likeness (QED) is 0.554. The number of nitrogens with two attached hydrogens (primary N) is 1. The Balaban J connectivity index is 1.63. The maximum atomic E-state index is 5.46. The minimum absolute atomic E-state index is 0.512. The number of anilines is 2. The van der Waals surface area contributed by atoms with Crippen LogP contribution in [0, 0.1) is 0 Å². The number of rotatable bonds is 6. The second kappa shape index (κ2) is 5.88. The summed E-state index contributed by atoms with van der Waals surface area (Å²) in [6.45, 7) is 0.842. The number of nitrogen functional groups attached to an aromatic ring is 1. The third-order valence-electron chi connectivity index (χ3n) is 3.40. The summed E-state index contributed by atoms with van der Waals surface area (Å²) in [5.41, 5.74) is 3.92. The van der Waals surface area contributed by atoms with E-state index in [9.17, 15) is 0 Å². The van der Waals surface area contributed by atoms with Crippen LogP contribution in [0.1, 0.15) is 30.1 Å². The standard InChI is InChI=1S/C15H19N5/c16-20-14-10-13(18-15(19-14)12-6-7-12)17-9-8-11-4-2-1-3-5-11/h1-5,10,12H,6-9,16H2,(H2,17,18,19,20). The van der Waals surface area contributed by atoms with Crippen molar-refractivity contribution in [2.24, 2.45) is 5.84 Å². The first kappa shape index (κ1) is 12.9. The molecule has 0 aliphatic heterocycles. The molecule has 3 rings (SSSR count). The molecule has 0 radical (unpaired) electrons. The molecular weight excluding hydrogens is 250 g/mol. The van der Waals surface area contributed by atoms with E-state index >= 15 is 0 Å². The molecule has 5 nitrogen and oxygen atoms in total. The van der Waals surface area contributed by atoms with Crippen LogP contribution in [0.5, 0.6) is 0 Å². The Morgan fingerprint density at radius 3 is 2.55 bits per heavy atom. The number of nitrogens with one attached hydrogen (secondary N) is 2. The molecule has 4 N–H and O–H groups in total. The van der Waals surface area contributed by atoms with Crippen molar-refractivity contribution in [1.82, 2.24) is 9.97 Å². The maximum Gasteiger partial charge on any atom is 0.145 e. The summed E-state index contributed by atoms with van der Waals surface area (Å²) in [5.74, 6) is 8.37. The highest BCUT2D eigenvalue weighted by molar-refractivity contribution is 5.47. The Kier molecular flexibility index (Phi) is 3.78. The van der Waals surface area contributed by atoms with Crippen LogP contribution in [-0.4, -0.2) is 16.5 Å². The number of hydrogen-bond donors (Lipinski definition) is 3. The topological polar surface area (TPSA) is 75.9 Å². The van der Waals surface area contributed by atoms with E-state index in [0.717, 1.165) is 24.6 Å². The van der Waals surface area contributed by atoms with E-state index in [2.05, 4.69) is 45.0 Å². The molecule has 5 heteroatoms. The number of hydrazine groups is 1. The molecule has 0 spiro atoms. The second-order valence-corrected chi connectivity index (χ2v) is 5.08. The highest BCUT2D eigenvalue weighted by atomic mass is 15.3. The molecule has 0 unspecified atom stereocenters. The lowest BCUT2D eigenvalue weighted by atomic mass is 10.1. The summed E-state index contributed by atoms with van der Waals surface area (Å²) in [7, 11) is 0. The summed E-state index contributed by atoms with van der Waals surface area (Å²) >= 11 is 0. The molecule has 1 aliphatic carbocycles. The van der Waals surface area contributed by atoms with Gasteiger partial charge in [-0.3, -0.25) is 0 Å². The van der Waals surface area contributed by atoms with Crippen LogP contribution in [0.4, 0.5) is 11.6 Å². The Morgan fingerprint density at radius 2 is 1.85 bits per heavy atom. The summed E-state index contributed by atoms with van der Waals surface area (Å²) in [4.78, 5) is 8.95. The monoisotopic (exact) mass is 269 g/mol. The van der Waals surface area contributed by atoms with Crippen molar-refractivity contribution >= 4 is 11.6 Å². The third kappa shape index (κ3) is 3.24. The normalized spacial score (nSPS) is 14.1. The lowest BCUT2D eigenvalue weighted by Crippen LogP contribution is -2.13. The average molecular weight is 269 g/mol. The zero-order chi connectivity index (χ0) is 13.8. The van der Waals surface area contributed by atoms with Crippen LogP contribution >= 0.6 is 0 Å². The molecule has 1 aliphatic rings. The molecule has 2 aromatic rings. The first-order chi connectivity index (χ1) is 9.85. The van der Waals surface area contributed by atoms with E-state index in [0.29, 0.717) is 11.7 Å². The molecular formula is C15H19N5. The SMILES string of the molecule is NNc1cc(NCCc2ccccc2)nc(C2CC2)n1. The average Bonchev–Trinajstić information content (AvgIpc) is 3.33. The van der Waals surface area contributed by atoms with Crippen molar-refractivity contribution in [3.8, 4) is 0 Å². The Labute approximate surface area is 118 Å². The first-order valence-corrected chi connectivity index (χ1v) is 6.98. The molecule has 1 heterocycles. The Hall–Kier alpha value is -2.14. The van der Waals surface area contributed by atoms with Crippen LogP contribution in [0.25, 0.3) is 0 Å². The summed E-state index contributed by atoms with van der Waals surface area (Å²) < 4.78 is 0. The van der Waals surface area contributed by atoms with Gasteiger partial charge in [-0.25, -0.2) is 15.8 Å². The minimum atomic E-state index is 0.512. The highest BCUT2D eigenvalue weighted by Crippen LogP contribution is 2.38. The van der Waals surface area contributed by atoms with Gasteiger partial charge in [-0.15, -0.1) is 0 Å². The van der Waals surface area contributed by atoms with Crippen molar-refractivity contribution < 1.29 is 0 Å². The molecule has 104 valence electrons. The van der Waals surface area contributed by atoms with Gasteiger partial charge >= 0.3 is 0 Å². The van der Waals surface area contributed by atoms with Gasteiger partial charge in [-0.05, 0) is 24.8 Å². The Morgan fingerprint density at radius 1 is 1.10 bits per heavy atom. The van der Waals surface area contributed by atoms with Gasteiger partial charge in [-0.2, -0.15) is 0 Å². The summed E-state index contributed by atoms with van der Waals surface area (Å²) in [5, 5.41) is 3.34. The van der Waals surface area contributed by atoms with Gasteiger partial charge in [0.25, 0.3) is 0 Å². The van der Waals surface area contributed by atoms with Crippen molar-refractivity contribution in [3.63, 3.8) is 0 Å². The maximum absolute atomic E-state index is 5.46. The molecule has 0 saturated heterocycles. The number of aromatic nitrogens is 2. The molecule has 0 amide bonds. The van der Waals surface area contributed by atoms with Crippen molar-refractivity contribution in [1.29, 1.82) is 0 Å². The van der Waals surface area contributed by atoms with Gasteiger partial charge in [0.05, 0.1) is 0 Å². The van der Waals surface area contributed by atoms with E-state index in [1.54, 1.807) is 0 Å². The zero-order valence-electron chi connectivity index (χ0n) is 11.3. The van der Waals surface area contributed by atoms with Crippen LogP contribution < -0.4 is 16.6 Å². The molecule has 1 saturated carbocycles. The van der Waals surface area contributed by atoms with Crippen LogP contribution in [-0.2, 0) is 6.42 Å². The fraction of sp³-hybridized carbons (Fsp3) is 0.333. The number of hydrogen-bond acceptors (Lipinski definition) is 5. The smallest absolute Gasteiger partial charge is 0.145 e. The van der Waals surface area contributed by atoms with Gasteiger partial charge in [0.1, 0.15) is 17.5 Å². The third-order valence-corrected chi connectivity index (χ3v) is 3.40. The molecule has 1 aromatic carbocycles. The van der Waals surface area contributed by atoms with Gasteiger partial charge in [0, 0.05) is 18.5 Å². The van der Waals surface area contributed by atoms with E-state index in [4.69, 9.17) is 5.84 Å². The van der Waals surface area contributed by atoms with Crippen LogP contribution in [0.15, 0.2) is 36.4 Å². The molecule has 0 atom stereocenters. The minimum Gasteiger partial charge on any atom is -0.370 e. The largest absolute Gasteiger partial charge is 0.370 e. The summed E-state index contributed by atoms with van der Waals surface area (Å²) in [6.07, 6.45) is 3.32. The predicted molar refractivity (Wildman–Crippen MR) is 80.5 cm³/mol. The van der Waals surface area contributed by atoms with Gasteiger partial charge in [-0.1, -0.05) is 30.3 Å². The van der Waals surface area contributed by atoms with E-state index in [-0.39, 0.29) is 0 Å². The van der Waals surface area contributed by atoms with Gasteiger partial charge in [0.15, 0.2) is 0 Å². The number of nitrogens with zero attached hydrogens (tertiary/aromatic N) is 2. The first-order valence-electron chi connectivity index (χ1n) is 6.98. The van der Waals surface area contributed by atoms with Crippen molar-refractivity contribution in [2.75, 3.05) is 17.3 Å².